The van der Waals surface area contributed by atoms with Gasteiger partial charge >= 0.3 is 5.97 Å². The highest BCUT2D eigenvalue weighted by Crippen LogP contribution is 2.35. The molecule has 1 atom stereocenters. The summed E-state index contributed by atoms with van der Waals surface area (Å²) in [6.45, 7) is 1.07. The minimum Gasteiger partial charge on any atom is -0.478 e. The summed E-state index contributed by atoms with van der Waals surface area (Å²) < 4.78 is 5.26. The number of aromatic carboxylic acids is 1. The molecular formula is C12H13ClN2O5. The summed E-state index contributed by atoms with van der Waals surface area (Å²) >= 11 is 6.05. The zero-order valence-corrected chi connectivity index (χ0v) is 11.5. The number of carboxylic acid groups (broad SMARTS) is 1. The van der Waals surface area contributed by atoms with E-state index in [9.17, 15) is 20.0 Å². The Morgan fingerprint density at radius 2 is 2.30 bits per heavy atom. The minimum absolute atomic E-state index is 0.00653. The van der Waals surface area contributed by atoms with Crippen LogP contribution in [-0.4, -0.2) is 42.3 Å². The number of nitro groups is 1. The molecule has 20 heavy (non-hydrogen) atoms. The Morgan fingerprint density at radius 1 is 1.60 bits per heavy atom. The number of hydrogen-bond acceptors (Lipinski definition) is 5. The van der Waals surface area contributed by atoms with Gasteiger partial charge in [0.2, 0.25) is 0 Å². The van der Waals surface area contributed by atoms with Crippen LogP contribution in [0, 0.1) is 10.1 Å². The fourth-order valence-electron chi connectivity index (χ4n) is 2.22. The molecule has 0 aromatic heterocycles. The molecule has 1 aromatic rings. The largest absolute Gasteiger partial charge is 0.478 e. The van der Waals surface area contributed by atoms with Crippen LogP contribution in [0.1, 0.15) is 16.8 Å². The van der Waals surface area contributed by atoms with Crippen LogP contribution in [0.5, 0.6) is 0 Å². The molecule has 1 aliphatic rings. The molecule has 8 heteroatoms. The van der Waals surface area contributed by atoms with Crippen molar-refractivity contribution in [2.75, 3.05) is 25.2 Å². The predicted octanol–water partition coefficient (Wildman–Crippen LogP) is 2.17. The molecule has 1 fully saturated rings. The summed E-state index contributed by atoms with van der Waals surface area (Å²) in [6.07, 6.45) is 0.753. The molecule has 1 aliphatic heterocycles. The van der Waals surface area contributed by atoms with Gasteiger partial charge in [-0.1, -0.05) is 11.6 Å². The first-order valence-electron chi connectivity index (χ1n) is 5.93. The predicted molar refractivity (Wildman–Crippen MR) is 72.7 cm³/mol. The normalized spacial score (nSPS) is 18.0. The van der Waals surface area contributed by atoms with Gasteiger partial charge < -0.3 is 14.7 Å². The first-order chi connectivity index (χ1) is 9.41. The topological polar surface area (TPSA) is 92.9 Å². The molecule has 1 unspecified atom stereocenters. The fourth-order valence-corrected chi connectivity index (χ4v) is 2.57. The highest BCUT2D eigenvalue weighted by molar-refractivity contribution is 6.34. The van der Waals surface area contributed by atoms with Crippen LogP contribution in [-0.2, 0) is 4.74 Å². The lowest BCUT2D eigenvalue weighted by Crippen LogP contribution is -2.33. The quantitative estimate of drug-likeness (QED) is 0.676. The van der Waals surface area contributed by atoms with Gasteiger partial charge in [-0.2, -0.15) is 0 Å². The lowest BCUT2D eigenvalue weighted by molar-refractivity contribution is -0.384. The van der Waals surface area contributed by atoms with Crippen molar-refractivity contribution in [3.05, 3.63) is 32.8 Å². The zero-order valence-electron chi connectivity index (χ0n) is 10.7. The van der Waals surface area contributed by atoms with Gasteiger partial charge in [-0.3, -0.25) is 10.1 Å². The molecule has 108 valence electrons. The van der Waals surface area contributed by atoms with E-state index in [1.807, 2.05) is 0 Å². The van der Waals surface area contributed by atoms with Gasteiger partial charge in [0.1, 0.15) is 0 Å². The van der Waals surface area contributed by atoms with Crippen molar-refractivity contribution in [1.29, 1.82) is 0 Å². The molecule has 7 nitrogen and oxygen atoms in total. The summed E-state index contributed by atoms with van der Waals surface area (Å²) in [5, 5.41) is 20.1. The second-order valence-corrected chi connectivity index (χ2v) is 4.92. The van der Waals surface area contributed by atoms with Crippen LogP contribution in [0.15, 0.2) is 12.1 Å². The number of halogens is 1. The third-order valence-corrected chi connectivity index (χ3v) is 3.58. The molecular weight excluding hydrogens is 288 g/mol. The van der Waals surface area contributed by atoms with Crippen molar-refractivity contribution in [1.82, 2.24) is 0 Å². The number of carboxylic acids is 1. The molecule has 1 aromatic carbocycles. The molecule has 0 amide bonds. The number of carbonyl (C=O) groups is 1. The van der Waals surface area contributed by atoms with Crippen molar-refractivity contribution in [2.45, 2.75) is 12.5 Å². The third-order valence-electron chi connectivity index (χ3n) is 3.30. The van der Waals surface area contributed by atoms with Crippen molar-refractivity contribution in [2.24, 2.45) is 0 Å². The molecule has 0 bridgehead atoms. The van der Waals surface area contributed by atoms with E-state index in [0.717, 1.165) is 18.6 Å². The number of non-ortho nitro benzene ring substituents is 1. The average molecular weight is 301 g/mol. The van der Waals surface area contributed by atoms with E-state index in [-0.39, 0.29) is 28.0 Å². The minimum atomic E-state index is -1.25. The highest BCUT2D eigenvalue weighted by Gasteiger charge is 2.28. The van der Waals surface area contributed by atoms with Gasteiger partial charge in [-0.15, -0.1) is 0 Å². The number of likely N-dealkylation sites (N-methyl/N-ethyl adjacent to an activating group) is 1. The van der Waals surface area contributed by atoms with Gasteiger partial charge in [0, 0.05) is 25.8 Å². The van der Waals surface area contributed by atoms with Crippen LogP contribution in [0.2, 0.25) is 5.02 Å². The maximum atomic E-state index is 11.3. The van der Waals surface area contributed by atoms with Gasteiger partial charge in [-0.05, 0) is 6.42 Å². The Kier molecular flexibility index (Phi) is 4.10. The number of nitrogens with zero attached hydrogens (tertiary/aromatic N) is 2. The Labute approximate surface area is 119 Å². The van der Waals surface area contributed by atoms with E-state index < -0.39 is 10.9 Å². The number of rotatable bonds is 4. The van der Waals surface area contributed by atoms with Crippen molar-refractivity contribution >= 4 is 28.9 Å². The molecule has 0 saturated carbocycles. The van der Waals surface area contributed by atoms with Crippen molar-refractivity contribution in [3.63, 3.8) is 0 Å². The van der Waals surface area contributed by atoms with Crippen LogP contribution in [0.25, 0.3) is 0 Å². The third kappa shape index (κ3) is 2.68. The van der Waals surface area contributed by atoms with Gasteiger partial charge in [0.15, 0.2) is 0 Å². The summed E-state index contributed by atoms with van der Waals surface area (Å²) in [4.78, 5) is 23.2. The maximum absolute atomic E-state index is 11.3. The number of nitro benzene ring substituents is 1. The SMILES string of the molecule is CN(c1c(Cl)cc([N+](=O)[O-])cc1C(=O)O)C1CCOC1. The van der Waals surface area contributed by atoms with Crippen LogP contribution >= 0.6 is 11.6 Å². The van der Waals surface area contributed by atoms with E-state index >= 15 is 0 Å². The maximum Gasteiger partial charge on any atom is 0.338 e. The molecule has 0 radical (unpaired) electrons. The number of benzene rings is 1. The van der Waals surface area contributed by atoms with Crippen LogP contribution < -0.4 is 4.90 Å². The number of ether oxygens (including phenoxy) is 1. The second-order valence-electron chi connectivity index (χ2n) is 4.51. The first-order valence-corrected chi connectivity index (χ1v) is 6.31. The lowest BCUT2D eigenvalue weighted by atomic mass is 10.1. The molecule has 0 spiro atoms. The molecule has 1 heterocycles. The van der Waals surface area contributed by atoms with Gasteiger partial charge in [0.05, 0.1) is 33.8 Å². The highest BCUT2D eigenvalue weighted by atomic mass is 35.5. The molecule has 1 saturated heterocycles. The molecule has 1 N–H and O–H groups in total. The van der Waals surface area contributed by atoms with Crippen LogP contribution in [0.3, 0.4) is 0 Å². The van der Waals surface area contributed by atoms with Crippen LogP contribution in [0.4, 0.5) is 11.4 Å². The Balaban J connectivity index is 2.50. The first kappa shape index (κ1) is 14.5. The fraction of sp³-hybridized carbons (Fsp3) is 0.417. The average Bonchev–Trinajstić information content (AvgIpc) is 2.90. The monoisotopic (exact) mass is 300 g/mol. The summed E-state index contributed by atoms with van der Waals surface area (Å²) in [7, 11) is 1.71. The van der Waals surface area contributed by atoms with Gasteiger partial charge in [0.25, 0.3) is 5.69 Å². The summed E-state index contributed by atoms with van der Waals surface area (Å²) in [5.74, 6) is -1.25. The number of hydrogen-bond donors (Lipinski definition) is 1. The summed E-state index contributed by atoms with van der Waals surface area (Å²) in [5.41, 5.74) is -0.244. The number of anilines is 1. The van der Waals surface area contributed by atoms with Crippen molar-refractivity contribution < 1.29 is 19.6 Å². The smallest absolute Gasteiger partial charge is 0.338 e. The zero-order chi connectivity index (χ0) is 14.9. The van der Waals surface area contributed by atoms with Gasteiger partial charge in [-0.25, -0.2) is 4.79 Å². The van der Waals surface area contributed by atoms with E-state index in [4.69, 9.17) is 16.3 Å². The standard InChI is InChI=1S/C12H13ClN2O5/c1-14(7-2-3-20-6-7)11-9(12(16)17)4-8(15(18)19)5-10(11)13/h4-5,7H,2-3,6H2,1H3,(H,16,17). The molecule has 0 aliphatic carbocycles. The van der Waals surface area contributed by atoms with E-state index in [1.54, 1.807) is 11.9 Å². The van der Waals surface area contributed by atoms with Crippen molar-refractivity contribution in [3.8, 4) is 0 Å². The molecule has 2 rings (SSSR count). The van der Waals surface area contributed by atoms with E-state index in [1.165, 1.54) is 0 Å². The van der Waals surface area contributed by atoms with E-state index in [0.29, 0.717) is 13.2 Å². The Hall–Kier alpha value is -1.86. The Bertz CT molecular complexity index is 557. The van der Waals surface area contributed by atoms with E-state index in [2.05, 4.69) is 0 Å². The second kappa shape index (κ2) is 5.64. The lowest BCUT2D eigenvalue weighted by Gasteiger charge is -2.27. The summed E-state index contributed by atoms with van der Waals surface area (Å²) in [6, 6.07) is 2.19. The Morgan fingerprint density at radius 3 is 2.80 bits per heavy atom.